The second kappa shape index (κ2) is 7.42. The molecule has 0 radical (unpaired) electrons. The number of amidine groups is 1. The fourth-order valence-electron chi connectivity index (χ4n) is 2.42. The van der Waals surface area contributed by atoms with Gasteiger partial charge in [0.15, 0.2) is 5.84 Å². The molecule has 128 valence electrons. The van der Waals surface area contributed by atoms with Crippen molar-refractivity contribution in [2.45, 2.75) is 4.90 Å². The lowest BCUT2D eigenvalue weighted by Crippen LogP contribution is -2.28. The Kier molecular flexibility index (Phi) is 5.06. The number of benzene rings is 2. The average Bonchev–Trinajstić information content (AvgIpc) is 2.90. The summed E-state index contributed by atoms with van der Waals surface area (Å²) in [5.74, 6) is 0.217. The summed E-state index contributed by atoms with van der Waals surface area (Å²) in [6, 6.07) is 16.3. The first-order chi connectivity index (χ1) is 12.1. The molecule has 0 aromatic heterocycles. The van der Waals surface area contributed by atoms with E-state index in [1.807, 2.05) is 36.4 Å². The van der Waals surface area contributed by atoms with Crippen molar-refractivity contribution < 1.29 is 13.5 Å². The summed E-state index contributed by atoms with van der Waals surface area (Å²) in [5, 5.41) is 14.9. The molecule has 0 atom stereocenters. The van der Waals surface area contributed by atoms with Gasteiger partial charge in [0.05, 0.1) is 13.2 Å². The van der Waals surface area contributed by atoms with E-state index < -0.39 is 10.0 Å². The Morgan fingerprint density at radius 3 is 2.56 bits per heavy atom. The van der Waals surface area contributed by atoms with Gasteiger partial charge in [0.2, 0.25) is 0 Å². The van der Waals surface area contributed by atoms with E-state index in [0.717, 1.165) is 5.56 Å². The minimum Gasteiger partial charge on any atom is -0.394 e. The number of hydrazone groups is 1. The summed E-state index contributed by atoms with van der Waals surface area (Å²) in [4.78, 5) is 0.156. The largest absolute Gasteiger partial charge is 0.394 e. The maximum absolute atomic E-state index is 12.1. The molecule has 25 heavy (non-hydrogen) atoms. The molecule has 0 unspecified atom stereocenters. The van der Waals surface area contributed by atoms with Gasteiger partial charge in [-0.3, -0.25) is 0 Å². The molecule has 0 aliphatic carbocycles. The number of hydrogen-bond donors (Lipinski definition) is 1. The van der Waals surface area contributed by atoms with Gasteiger partial charge in [-0.15, -0.1) is 4.40 Å². The van der Waals surface area contributed by atoms with Crippen molar-refractivity contribution in [3.05, 3.63) is 71.8 Å². The van der Waals surface area contributed by atoms with Crippen molar-refractivity contribution in [2.24, 2.45) is 9.50 Å². The van der Waals surface area contributed by atoms with Crippen molar-refractivity contribution in [3.8, 4) is 0 Å². The summed E-state index contributed by atoms with van der Waals surface area (Å²) in [6.07, 6.45) is 5.16. The SMILES string of the molecule is O=S1(=O)N=C(N(CCO)/N=C\C=C\c2ccccc2)c2ccccc21. The molecule has 2 aromatic carbocycles. The second-order valence-corrected chi connectivity index (χ2v) is 6.84. The van der Waals surface area contributed by atoms with E-state index in [2.05, 4.69) is 9.50 Å². The third-order valence-corrected chi connectivity index (χ3v) is 4.87. The van der Waals surface area contributed by atoms with E-state index in [1.165, 1.54) is 11.1 Å². The molecule has 3 rings (SSSR count). The van der Waals surface area contributed by atoms with Crippen molar-refractivity contribution >= 4 is 28.1 Å². The van der Waals surface area contributed by atoms with Gasteiger partial charge in [-0.05, 0) is 23.8 Å². The highest BCUT2D eigenvalue weighted by molar-refractivity contribution is 7.90. The Hall–Kier alpha value is -2.77. The molecule has 0 saturated carbocycles. The smallest absolute Gasteiger partial charge is 0.285 e. The highest BCUT2D eigenvalue weighted by atomic mass is 32.2. The molecule has 2 aromatic rings. The Balaban J connectivity index is 1.85. The summed E-state index contributed by atoms with van der Waals surface area (Å²) in [5.41, 5.74) is 1.51. The summed E-state index contributed by atoms with van der Waals surface area (Å²) in [6.45, 7) is -0.0423. The lowest BCUT2D eigenvalue weighted by atomic mass is 10.2. The topological polar surface area (TPSA) is 82.3 Å². The number of fused-ring (bicyclic) bond motifs is 1. The minimum atomic E-state index is -3.72. The molecule has 6 nitrogen and oxygen atoms in total. The zero-order chi connectivity index (χ0) is 17.7. The number of hydrogen-bond acceptors (Lipinski definition) is 5. The zero-order valence-electron chi connectivity index (χ0n) is 13.4. The summed E-state index contributed by atoms with van der Waals surface area (Å²) < 4.78 is 28.1. The Morgan fingerprint density at radius 1 is 1.08 bits per heavy atom. The third-order valence-electron chi connectivity index (χ3n) is 3.55. The first-order valence-electron chi connectivity index (χ1n) is 7.70. The molecule has 0 spiro atoms. The van der Waals surface area contributed by atoms with Crippen molar-refractivity contribution in [1.29, 1.82) is 0 Å². The van der Waals surface area contributed by atoms with Gasteiger partial charge in [-0.1, -0.05) is 48.5 Å². The van der Waals surface area contributed by atoms with Crippen LogP contribution >= 0.6 is 0 Å². The van der Waals surface area contributed by atoms with Gasteiger partial charge in [-0.25, -0.2) is 5.01 Å². The monoisotopic (exact) mass is 355 g/mol. The fourth-order valence-corrected chi connectivity index (χ4v) is 3.63. The van der Waals surface area contributed by atoms with Crippen LogP contribution in [0.3, 0.4) is 0 Å². The standard InChI is InChI=1S/C18H17N3O3S/c22-14-13-21(19-12-6-9-15-7-2-1-3-8-15)18-16-10-4-5-11-17(16)25(23,24)20-18/h1-12,22H,13-14H2/b9-6+,19-12-. The first kappa shape index (κ1) is 17.1. The van der Waals surface area contributed by atoms with Gasteiger partial charge in [0.25, 0.3) is 10.0 Å². The number of aliphatic hydroxyl groups is 1. The molecular weight excluding hydrogens is 338 g/mol. The van der Waals surface area contributed by atoms with E-state index in [4.69, 9.17) is 0 Å². The predicted molar refractivity (Wildman–Crippen MR) is 97.9 cm³/mol. The molecule has 0 fully saturated rings. The zero-order valence-corrected chi connectivity index (χ0v) is 14.2. The summed E-state index contributed by atoms with van der Waals surface area (Å²) >= 11 is 0. The Labute approximate surface area is 146 Å². The second-order valence-electron chi connectivity index (χ2n) is 5.27. The van der Waals surface area contributed by atoms with Crippen LogP contribution in [0.4, 0.5) is 0 Å². The summed E-state index contributed by atoms with van der Waals surface area (Å²) in [7, 11) is -3.72. The number of sulfonamides is 1. The van der Waals surface area contributed by atoms with Crippen molar-refractivity contribution in [3.63, 3.8) is 0 Å². The van der Waals surface area contributed by atoms with Gasteiger partial charge in [-0.2, -0.15) is 13.5 Å². The van der Waals surface area contributed by atoms with Gasteiger partial charge < -0.3 is 5.11 Å². The normalized spacial score (nSPS) is 15.5. The molecule has 1 N–H and O–H groups in total. The van der Waals surface area contributed by atoms with E-state index in [-0.39, 0.29) is 23.9 Å². The molecule has 0 bridgehead atoms. The van der Waals surface area contributed by atoms with Crippen LogP contribution in [0.2, 0.25) is 0 Å². The Bertz CT molecular complexity index is 935. The maximum atomic E-state index is 12.1. The van der Waals surface area contributed by atoms with Gasteiger partial charge >= 0.3 is 0 Å². The molecule has 0 amide bonds. The lowest BCUT2D eigenvalue weighted by Gasteiger charge is -2.17. The predicted octanol–water partition coefficient (Wildman–Crippen LogP) is 2.13. The molecule has 0 saturated heterocycles. The number of nitrogens with zero attached hydrogens (tertiary/aromatic N) is 3. The van der Waals surface area contributed by atoms with Crippen molar-refractivity contribution in [2.75, 3.05) is 13.2 Å². The van der Waals surface area contributed by atoms with Crippen LogP contribution in [-0.2, 0) is 10.0 Å². The van der Waals surface area contributed by atoms with Crippen LogP contribution in [0, 0.1) is 0 Å². The maximum Gasteiger partial charge on any atom is 0.285 e. The number of allylic oxidation sites excluding steroid dienone is 1. The van der Waals surface area contributed by atoms with E-state index in [1.54, 1.807) is 30.5 Å². The molecular formula is C18H17N3O3S. The van der Waals surface area contributed by atoms with E-state index in [9.17, 15) is 13.5 Å². The number of aliphatic hydroxyl groups excluding tert-OH is 1. The lowest BCUT2D eigenvalue weighted by molar-refractivity contribution is 0.254. The fraction of sp³-hybridized carbons (Fsp3) is 0.111. The molecule has 1 aliphatic heterocycles. The van der Waals surface area contributed by atoms with E-state index >= 15 is 0 Å². The molecule has 1 aliphatic rings. The van der Waals surface area contributed by atoms with Crippen LogP contribution in [0.1, 0.15) is 11.1 Å². The van der Waals surface area contributed by atoms with Crippen LogP contribution in [0.5, 0.6) is 0 Å². The van der Waals surface area contributed by atoms with Crippen LogP contribution in [0.25, 0.3) is 6.08 Å². The van der Waals surface area contributed by atoms with Crippen LogP contribution in [-0.4, -0.2) is 43.7 Å². The minimum absolute atomic E-state index is 0.137. The highest BCUT2D eigenvalue weighted by Crippen LogP contribution is 2.27. The van der Waals surface area contributed by atoms with Gasteiger partial charge in [0.1, 0.15) is 4.90 Å². The first-order valence-corrected chi connectivity index (χ1v) is 9.14. The van der Waals surface area contributed by atoms with Crippen molar-refractivity contribution in [1.82, 2.24) is 5.01 Å². The van der Waals surface area contributed by atoms with Crippen LogP contribution in [0.15, 0.2) is 75.1 Å². The average molecular weight is 355 g/mol. The third kappa shape index (κ3) is 3.84. The molecule has 7 heteroatoms. The molecule has 1 heterocycles. The Morgan fingerprint density at radius 2 is 1.80 bits per heavy atom. The van der Waals surface area contributed by atoms with Crippen LogP contribution < -0.4 is 0 Å². The highest BCUT2D eigenvalue weighted by Gasteiger charge is 2.31. The van der Waals surface area contributed by atoms with Gasteiger partial charge in [0, 0.05) is 11.8 Å². The number of rotatable bonds is 5. The van der Waals surface area contributed by atoms with E-state index in [0.29, 0.717) is 5.56 Å². The quantitative estimate of drug-likeness (QED) is 0.658.